The van der Waals surface area contributed by atoms with Crippen molar-refractivity contribution in [3.63, 3.8) is 0 Å². The molecular weight excluding hydrogens is 786 g/mol. The first kappa shape index (κ1) is 37.6. The minimum atomic E-state index is -1.88. The molecule has 0 aliphatic heterocycles. The number of aliphatic hydroxyl groups excluding tert-OH is 1. The van der Waals surface area contributed by atoms with Gasteiger partial charge in [-0.3, -0.25) is 4.79 Å². The molecule has 0 saturated carbocycles. The van der Waals surface area contributed by atoms with Gasteiger partial charge in [-0.05, 0) is 25.7 Å². The normalized spacial score (nSPS) is 11.8. The van der Waals surface area contributed by atoms with Crippen LogP contribution in [-0.4, -0.2) is 29.1 Å². The minimum Gasteiger partial charge on any atom is 0 e. The summed E-state index contributed by atoms with van der Waals surface area (Å²) < 4.78 is 16.0. The first-order valence-corrected chi connectivity index (χ1v) is 22.9. The van der Waals surface area contributed by atoms with Crippen molar-refractivity contribution >= 4 is 34.2 Å². The maximum Gasteiger partial charge on any atom is 0 e. The van der Waals surface area contributed by atoms with Crippen LogP contribution in [-0.2, 0) is 24.9 Å². The second kappa shape index (κ2) is 17.2. The molecule has 0 spiro atoms. The van der Waals surface area contributed by atoms with Gasteiger partial charge in [0.05, 0.1) is 5.76 Å². The minimum absolute atomic E-state index is 0. The molecule has 0 amide bonds. The first-order chi connectivity index (χ1) is 20.4. The molecule has 1 heterocycles. The van der Waals surface area contributed by atoms with Gasteiger partial charge in [0.2, 0.25) is 0 Å². The molecule has 4 rings (SSSR count). The Morgan fingerprint density at radius 2 is 1.52 bits per heavy atom. The molecule has 0 bridgehead atoms. The number of hydrogen-bond acceptors (Lipinski definition) is 3. The van der Waals surface area contributed by atoms with Crippen LogP contribution in [0.2, 0.25) is 17.3 Å². The number of benzene rings is 3. The third-order valence-corrected chi connectivity index (χ3v) is 12.6. The molecule has 0 atom stereocenters. The topological polar surface area (TPSA) is 50.2 Å². The smallest absolute Gasteiger partial charge is 0 e. The van der Waals surface area contributed by atoms with E-state index >= 15 is 0 Å². The summed E-state index contributed by atoms with van der Waals surface area (Å²) in [4.78, 5) is 16.1. The molecule has 1 N–H and O–H groups in total. The summed E-state index contributed by atoms with van der Waals surface area (Å²) >= 11 is -1.88. The number of carbonyl (C=O) groups is 1. The van der Waals surface area contributed by atoms with Crippen molar-refractivity contribution < 1.29 is 34.4 Å². The van der Waals surface area contributed by atoms with Gasteiger partial charge in [-0.25, -0.2) is 0 Å². The molecule has 0 aliphatic rings. The predicted molar refractivity (Wildman–Crippen MR) is 183 cm³/mol. The van der Waals surface area contributed by atoms with Crippen molar-refractivity contribution in [3.8, 4) is 22.4 Å². The summed E-state index contributed by atoms with van der Waals surface area (Å²) in [6.07, 6.45) is 6.22. The van der Waals surface area contributed by atoms with Crippen LogP contribution in [0.25, 0.3) is 33.2 Å². The fourth-order valence-electron chi connectivity index (χ4n) is 5.29. The van der Waals surface area contributed by atoms with Crippen molar-refractivity contribution in [1.29, 1.82) is 0 Å². The second-order valence-electron chi connectivity index (χ2n) is 12.3. The van der Waals surface area contributed by atoms with Gasteiger partial charge in [-0.15, -0.1) is 0 Å². The first-order valence-electron chi connectivity index (χ1n) is 15.6. The number of aryl methyl sites for hydroxylation is 1. The zero-order valence-electron chi connectivity index (χ0n) is 27.4. The van der Waals surface area contributed by atoms with Gasteiger partial charge in [0.15, 0.2) is 5.78 Å². The van der Waals surface area contributed by atoms with E-state index < -0.39 is 13.3 Å². The summed E-state index contributed by atoms with van der Waals surface area (Å²) in [6.45, 7) is 10.2. The molecular formula is C38H47FGeIrNO2-. The number of nitrogens with zero attached hydrogens (tertiary/aromatic N) is 1. The monoisotopic (exact) mass is 835 g/mol. The number of rotatable bonds is 10. The Labute approximate surface area is 280 Å². The molecule has 6 heteroatoms. The molecule has 1 radical (unpaired) electrons. The van der Waals surface area contributed by atoms with Crippen LogP contribution in [0.4, 0.5) is 4.39 Å². The summed E-state index contributed by atoms with van der Waals surface area (Å²) in [5, 5.41) is 12.0. The zero-order chi connectivity index (χ0) is 31.7. The number of fused-ring (bicyclic) bond motifs is 1. The SMILES string of the molecule is CCC(CC)C(=O)/C=C(\O)C(CC)CC.Cc1cc(-c2cc(-c3cc[c]([Ge]([CH3])([CH3])[CH3])cc3)c(F)cn2)[c-]c2ccccc12.[Ir]. The number of carbonyl (C=O) groups excluding carboxylic acids is 1. The van der Waals surface area contributed by atoms with Crippen LogP contribution >= 0.6 is 0 Å². The zero-order valence-corrected chi connectivity index (χ0v) is 31.9. The number of halogens is 1. The Balaban J connectivity index is 0.000000363. The molecule has 1 aromatic heterocycles. The molecule has 237 valence electrons. The van der Waals surface area contributed by atoms with Gasteiger partial charge in [0, 0.05) is 38.0 Å². The van der Waals surface area contributed by atoms with Crippen LogP contribution in [0.1, 0.15) is 58.9 Å². The van der Waals surface area contributed by atoms with E-state index in [0.29, 0.717) is 5.56 Å². The molecule has 0 aliphatic carbocycles. The number of allylic oxidation sites excluding steroid dienone is 2. The average Bonchev–Trinajstić information content (AvgIpc) is 2.98. The Kier molecular flexibility index (Phi) is 14.7. The Bertz CT molecular complexity index is 1550. The quantitative estimate of drug-likeness (QED) is 0.0750. The van der Waals surface area contributed by atoms with Gasteiger partial charge in [-0.2, -0.15) is 0 Å². The van der Waals surface area contributed by atoms with E-state index in [1.165, 1.54) is 27.6 Å². The molecule has 4 aromatic rings. The van der Waals surface area contributed by atoms with Crippen LogP contribution in [0.5, 0.6) is 0 Å². The van der Waals surface area contributed by atoms with Crippen molar-refractivity contribution in [3.05, 3.63) is 96.1 Å². The number of pyridine rings is 1. The largest absolute Gasteiger partial charge is 0 e. The van der Waals surface area contributed by atoms with Gasteiger partial charge < -0.3 is 5.11 Å². The molecule has 0 fully saturated rings. The van der Waals surface area contributed by atoms with Crippen molar-refractivity contribution in [2.75, 3.05) is 0 Å². The molecule has 0 unspecified atom stereocenters. The van der Waals surface area contributed by atoms with Gasteiger partial charge in [0.1, 0.15) is 0 Å². The molecule has 3 nitrogen and oxygen atoms in total. The van der Waals surface area contributed by atoms with Gasteiger partial charge >= 0.3 is 163 Å². The van der Waals surface area contributed by atoms with E-state index in [-0.39, 0.29) is 49.3 Å². The maximum absolute atomic E-state index is 14.6. The van der Waals surface area contributed by atoms with Crippen LogP contribution < -0.4 is 4.40 Å². The molecule has 0 saturated heterocycles. The Morgan fingerprint density at radius 3 is 2.09 bits per heavy atom. The summed E-state index contributed by atoms with van der Waals surface area (Å²) in [5.41, 5.74) is 4.26. The van der Waals surface area contributed by atoms with E-state index in [0.717, 1.165) is 47.9 Å². The van der Waals surface area contributed by atoms with E-state index in [4.69, 9.17) is 0 Å². The van der Waals surface area contributed by atoms with E-state index in [2.05, 4.69) is 59.5 Å². The standard InChI is InChI=1S/C25H23FGeN.C13H24O2.Ir/c1-17-13-20(14-19-7-5-6-8-22(17)19)25-15-23(24(26)16-28-25)18-9-11-21(12-10-18)27(2,3)4;1-5-10(6-2)12(14)9-13(15)11(7-3)8-4;/h5-13,15-16H,1-4H3;9-11,14H,5-8H2,1-4H3;/q-1;;/b;12-9-;. The Morgan fingerprint density at radius 1 is 0.932 bits per heavy atom. The summed E-state index contributed by atoms with van der Waals surface area (Å²) in [6, 6.07) is 23.9. The number of ketones is 1. The fourth-order valence-corrected chi connectivity index (χ4v) is 7.73. The van der Waals surface area contributed by atoms with Crippen LogP contribution in [0.15, 0.2) is 78.7 Å². The third kappa shape index (κ3) is 9.70. The van der Waals surface area contributed by atoms with E-state index in [1.54, 1.807) is 0 Å². The predicted octanol–water partition coefficient (Wildman–Crippen LogP) is 10.2. The summed E-state index contributed by atoms with van der Waals surface area (Å²) in [5.74, 6) is 7.33. The summed E-state index contributed by atoms with van der Waals surface area (Å²) in [7, 11) is 0. The van der Waals surface area contributed by atoms with Crippen molar-refractivity contribution in [1.82, 2.24) is 4.98 Å². The third-order valence-electron chi connectivity index (χ3n) is 8.26. The van der Waals surface area contributed by atoms with E-state index in [1.807, 2.05) is 64.1 Å². The second-order valence-corrected chi connectivity index (χ2v) is 22.9. The van der Waals surface area contributed by atoms with E-state index in [9.17, 15) is 14.3 Å². The van der Waals surface area contributed by atoms with Crippen LogP contribution in [0.3, 0.4) is 0 Å². The maximum atomic E-state index is 14.6. The van der Waals surface area contributed by atoms with Crippen molar-refractivity contribution in [2.24, 2.45) is 11.8 Å². The Hall–Kier alpha value is -2.60. The van der Waals surface area contributed by atoms with Crippen LogP contribution in [0, 0.1) is 30.6 Å². The molecule has 44 heavy (non-hydrogen) atoms. The number of aliphatic hydroxyl groups is 1. The molecule has 3 aromatic carbocycles. The van der Waals surface area contributed by atoms with Crippen molar-refractivity contribution in [2.45, 2.75) is 77.6 Å². The average molecular weight is 834 g/mol. The number of aromatic nitrogens is 1. The van der Waals surface area contributed by atoms with Gasteiger partial charge in [-0.1, -0.05) is 33.8 Å². The number of hydrogen-bond donors (Lipinski definition) is 1. The fraction of sp³-hybridized carbons (Fsp3) is 0.368. The van der Waals surface area contributed by atoms with Gasteiger partial charge in [0.25, 0.3) is 0 Å².